The first-order valence-corrected chi connectivity index (χ1v) is 10.1. The lowest BCUT2D eigenvalue weighted by Gasteiger charge is -2.42. The van der Waals surface area contributed by atoms with E-state index in [0.29, 0.717) is 24.6 Å². The number of rotatable bonds is 6. The van der Waals surface area contributed by atoms with Gasteiger partial charge in [0.05, 0.1) is 12.0 Å². The number of nitrogens with one attached hydrogen (secondary N) is 1. The first kappa shape index (κ1) is 18.6. The van der Waals surface area contributed by atoms with Crippen LogP contribution in [0, 0.1) is 5.92 Å². The van der Waals surface area contributed by atoms with Crippen LogP contribution in [0.25, 0.3) is 0 Å². The molecule has 5 heteroatoms. The van der Waals surface area contributed by atoms with Crippen LogP contribution in [0.2, 0.25) is 0 Å². The molecule has 0 saturated heterocycles. The molecule has 2 atom stereocenters. The molecular weight excluding hydrogens is 344 g/mol. The Hall–Kier alpha value is -2.14. The van der Waals surface area contributed by atoms with Crippen molar-refractivity contribution in [3.8, 4) is 0 Å². The lowest BCUT2D eigenvalue weighted by atomic mass is 9.81. The summed E-state index contributed by atoms with van der Waals surface area (Å²) in [5.74, 6) is -0.0370. The van der Waals surface area contributed by atoms with E-state index in [2.05, 4.69) is 19.2 Å². The van der Waals surface area contributed by atoms with E-state index in [1.807, 2.05) is 53.6 Å². The molecule has 0 saturated carbocycles. The van der Waals surface area contributed by atoms with E-state index >= 15 is 0 Å². The zero-order valence-corrected chi connectivity index (χ0v) is 16.4. The van der Waals surface area contributed by atoms with E-state index in [-0.39, 0.29) is 23.8 Å². The number of carbonyl (C=O) groups excluding carboxylic acids is 2. The molecule has 2 aromatic rings. The molecule has 0 fully saturated rings. The molecule has 0 unspecified atom stereocenters. The Balaban J connectivity index is 2.13. The maximum atomic E-state index is 13.2. The summed E-state index contributed by atoms with van der Waals surface area (Å²) in [6.07, 6.45) is 0.887. The molecule has 2 amide bonds. The Labute approximate surface area is 159 Å². The van der Waals surface area contributed by atoms with E-state index in [1.54, 1.807) is 11.3 Å². The fourth-order valence-electron chi connectivity index (χ4n) is 3.60. The minimum atomic E-state index is -0.382. The number of hydrogen-bond acceptors (Lipinski definition) is 3. The summed E-state index contributed by atoms with van der Waals surface area (Å²) >= 11 is 1.61. The van der Waals surface area contributed by atoms with Gasteiger partial charge < -0.3 is 10.2 Å². The van der Waals surface area contributed by atoms with E-state index in [0.717, 1.165) is 16.9 Å². The Morgan fingerprint density at radius 2 is 2.00 bits per heavy atom. The number of amides is 2. The number of benzene rings is 1. The van der Waals surface area contributed by atoms with E-state index in [1.165, 1.54) is 0 Å². The van der Waals surface area contributed by atoms with Crippen molar-refractivity contribution in [3.05, 3.63) is 57.8 Å². The summed E-state index contributed by atoms with van der Waals surface area (Å²) in [7, 11) is 0. The van der Waals surface area contributed by atoms with Crippen LogP contribution in [0.5, 0.6) is 0 Å². The van der Waals surface area contributed by atoms with Crippen LogP contribution in [-0.2, 0) is 4.79 Å². The summed E-state index contributed by atoms with van der Waals surface area (Å²) in [4.78, 5) is 29.3. The molecule has 26 heavy (non-hydrogen) atoms. The summed E-state index contributed by atoms with van der Waals surface area (Å²) < 4.78 is 0. The highest BCUT2D eigenvalue weighted by Gasteiger charge is 2.44. The van der Waals surface area contributed by atoms with Gasteiger partial charge >= 0.3 is 0 Å². The van der Waals surface area contributed by atoms with Crippen LogP contribution in [0.1, 0.15) is 60.0 Å². The van der Waals surface area contributed by atoms with Gasteiger partial charge in [-0.3, -0.25) is 9.59 Å². The average Bonchev–Trinajstić information content (AvgIpc) is 3.15. The normalized spacial score (nSPS) is 19.5. The van der Waals surface area contributed by atoms with Crippen molar-refractivity contribution in [1.82, 2.24) is 10.2 Å². The van der Waals surface area contributed by atoms with Gasteiger partial charge in [-0.05, 0) is 35.4 Å². The van der Waals surface area contributed by atoms with Gasteiger partial charge in [-0.25, -0.2) is 0 Å². The molecule has 1 aromatic carbocycles. The molecule has 0 bridgehead atoms. The summed E-state index contributed by atoms with van der Waals surface area (Å²) in [6.45, 7) is 7.53. The van der Waals surface area contributed by atoms with Crippen molar-refractivity contribution in [3.63, 3.8) is 0 Å². The standard InChI is InChI=1S/C21H26N2O2S/c1-4-11-22-20(24)18-15-8-5-6-9-16(15)21(25)23(13-14(2)3)19(18)17-10-7-12-26-17/h5-10,12,14,18-19H,4,11,13H2,1-3H3,(H,22,24)/t18-,19-/m0/s1. The van der Waals surface area contributed by atoms with Crippen LogP contribution < -0.4 is 5.32 Å². The third-order valence-electron chi connectivity index (χ3n) is 4.67. The fraction of sp³-hybridized carbons (Fsp3) is 0.429. The highest BCUT2D eigenvalue weighted by molar-refractivity contribution is 7.10. The van der Waals surface area contributed by atoms with Crippen LogP contribution in [0.4, 0.5) is 0 Å². The Bertz CT molecular complexity index is 770. The molecule has 0 radical (unpaired) electrons. The molecular formula is C21H26N2O2S. The first-order chi connectivity index (χ1) is 12.5. The number of nitrogens with zero attached hydrogens (tertiary/aromatic N) is 1. The minimum absolute atomic E-state index is 0.000967. The number of fused-ring (bicyclic) bond motifs is 1. The lowest BCUT2D eigenvalue weighted by molar-refractivity contribution is -0.124. The number of thiophene rings is 1. The van der Waals surface area contributed by atoms with Gasteiger partial charge in [0.1, 0.15) is 0 Å². The quantitative estimate of drug-likeness (QED) is 0.828. The van der Waals surface area contributed by atoms with Crippen LogP contribution >= 0.6 is 11.3 Å². The molecule has 1 aliphatic heterocycles. The molecule has 138 valence electrons. The van der Waals surface area contributed by atoms with E-state index in [9.17, 15) is 9.59 Å². The zero-order chi connectivity index (χ0) is 18.7. The fourth-order valence-corrected chi connectivity index (χ4v) is 4.48. The lowest BCUT2D eigenvalue weighted by Crippen LogP contribution is -2.48. The topological polar surface area (TPSA) is 49.4 Å². The molecule has 1 N–H and O–H groups in total. The Kier molecular flexibility index (Phi) is 5.77. The Morgan fingerprint density at radius 3 is 2.65 bits per heavy atom. The number of carbonyl (C=O) groups is 2. The third-order valence-corrected chi connectivity index (χ3v) is 5.61. The van der Waals surface area contributed by atoms with Gasteiger partial charge in [-0.15, -0.1) is 11.3 Å². The second kappa shape index (κ2) is 8.04. The molecule has 1 aromatic heterocycles. The van der Waals surface area contributed by atoms with Gasteiger partial charge in [-0.2, -0.15) is 0 Å². The van der Waals surface area contributed by atoms with Gasteiger partial charge in [0, 0.05) is 23.5 Å². The molecule has 0 spiro atoms. The maximum absolute atomic E-state index is 13.2. The van der Waals surface area contributed by atoms with Crippen molar-refractivity contribution in [2.75, 3.05) is 13.1 Å². The van der Waals surface area contributed by atoms with Gasteiger partial charge in [0.15, 0.2) is 0 Å². The summed E-state index contributed by atoms with van der Waals surface area (Å²) in [5.41, 5.74) is 1.49. The molecule has 2 heterocycles. The van der Waals surface area contributed by atoms with Crippen molar-refractivity contribution >= 4 is 23.2 Å². The molecule has 4 nitrogen and oxygen atoms in total. The molecule has 0 aliphatic carbocycles. The zero-order valence-electron chi connectivity index (χ0n) is 15.6. The van der Waals surface area contributed by atoms with Crippen molar-refractivity contribution in [2.45, 2.75) is 39.2 Å². The van der Waals surface area contributed by atoms with Crippen LogP contribution in [0.15, 0.2) is 41.8 Å². The molecule has 1 aliphatic rings. The summed E-state index contributed by atoms with van der Waals surface area (Å²) in [6, 6.07) is 11.3. The van der Waals surface area contributed by atoms with E-state index in [4.69, 9.17) is 0 Å². The first-order valence-electron chi connectivity index (χ1n) is 9.25. The SMILES string of the molecule is CCCNC(=O)[C@H]1c2ccccc2C(=O)N(CC(C)C)[C@H]1c1cccs1. The minimum Gasteiger partial charge on any atom is -0.356 e. The smallest absolute Gasteiger partial charge is 0.254 e. The second-order valence-corrected chi connectivity index (χ2v) is 8.15. The molecule has 3 rings (SSSR count). The largest absolute Gasteiger partial charge is 0.356 e. The van der Waals surface area contributed by atoms with Crippen LogP contribution in [0.3, 0.4) is 0 Å². The van der Waals surface area contributed by atoms with E-state index < -0.39 is 0 Å². The van der Waals surface area contributed by atoms with Gasteiger partial charge in [0.2, 0.25) is 5.91 Å². The Morgan fingerprint density at radius 1 is 1.23 bits per heavy atom. The van der Waals surface area contributed by atoms with Gasteiger partial charge in [0.25, 0.3) is 5.91 Å². The average molecular weight is 371 g/mol. The summed E-state index contributed by atoms with van der Waals surface area (Å²) in [5, 5.41) is 5.06. The van der Waals surface area contributed by atoms with Crippen molar-refractivity contribution < 1.29 is 9.59 Å². The van der Waals surface area contributed by atoms with Gasteiger partial charge in [-0.1, -0.05) is 45.0 Å². The predicted molar refractivity (Wildman–Crippen MR) is 105 cm³/mol. The van der Waals surface area contributed by atoms with Crippen LogP contribution in [-0.4, -0.2) is 29.8 Å². The monoisotopic (exact) mass is 370 g/mol. The van der Waals surface area contributed by atoms with Crippen molar-refractivity contribution in [2.24, 2.45) is 5.92 Å². The maximum Gasteiger partial charge on any atom is 0.254 e. The number of hydrogen-bond donors (Lipinski definition) is 1. The van der Waals surface area contributed by atoms with Crippen molar-refractivity contribution in [1.29, 1.82) is 0 Å². The highest BCUT2D eigenvalue weighted by Crippen LogP contribution is 2.44. The second-order valence-electron chi connectivity index (χ2n) is 7.17. The third kappa shape index (κ3) is 3.54. The highest BCUT2D eigenvalue weighted by atomic mass is 32.1. The predicted octanol–water partition coefficient (Wildman–Crippen LogP) is 4.21.